The third-order valence-corrected chi connectivity index (χ3v) is 6.83. The van der Waals surface area contributed by atoms with Gasteiger partial charge in [-0.15, -0.1) is 0 Å². The lowest BCUT2D eigenvalue weighted by atomic mass is 9.95. The first kappa shape index (κ1) is 23.3. The molecule has 34 heavy (non-hydrogen) atoms. The highest BCUT2D eigenvalue weighted by molar-refractivity contribution is 5.56. The number of hydrogen-bond acceptors (Lipinski definition) is 8. The summed E-state index contributed by atoms with van der Waals surface area (Å²) in [5.41, 5.74) is 0.172. The molecule has 0 spiro atoms. The van der Waals surface area contributed by atoms with Gasteiger partial charge in [0.15, 0.2) is 0 Å². The smallest absolute Gasteiger partial charge is 0.379 e. The fourth-order valence-corrected chi connectivity index (χ4v) is 4.87. The Balaban J connectivity index is 1.38. The third-order valence-electron chi connectivity index (χ3n) is 6.83. The maximum atomic E-state index is 13.2. The van der Waals surface area contributed by atoms with Gasteiger partial charge in [-0.05, 0) is 38.6 Å². The van der Waals surface area contributed by atoms with Gasteiger partial charge >= 0.3 is 6.18 Å². The van der Waals surface area contributed by atoms with Crippen molar-refractivity contribution in [3.8, 4) is 0 Å². The first-order chi connectivity index (χ1) is 16.3. The summed E-state index contributed by atoms with van der Waals surface area (Å²) in [5, 5.41) is 3.00. The molecule has 1 unspecified atom stereocenters. The van der Waals surface area contributed by atoms with Crippen LogP contribution in [0.15, 0.2) is 24.4 Å². The number of nitrogens with one attached hydrogen (secondary N) is 1. The Bertz CT molecular complexity index is 993. The van der Waals surface area contributed by atoms with Gasteiger partial charge in [-0.2, -0.15) is 18.2 Å². The van der Waals surface area contributed by atoms with E-state index in [2.05, 4.69) is 37.0 Å². The Hall–Kier alpha value is -2.50. The standard InChI is InChI=1S/C23H30F3N7O/c1-31-6-2-3-16(13-31)19-12-21(29-20-11-17(4-5-27-20)23(24,25)26)30-22(28-19)33-14-18(15-33)32-7-9-34-10-8-32/h4-5,11-12,16,18H,2-3,6-10,13-15H2,1H3,(H,27,28,29,30). The van der Waals surface area contributed by atoms with Crippen LogP contribution in [-0.4, -0.2) is 90.3 Å². The minimum atomic E-state index is -4.43. The number of pyridine rings is 1. The molecule has 184 valence electrons. The first-order valence-electron chi connectivity index (χ1n) is 11.8. The van der Waals surface area contributed by atoms with Gasteiger partial charge in [0.2, 0.25) is 5.95 Å². The molecule has 1 atom stereocenters. The molecule has 2 aromatic heterocycles. The van der Waals surface area contributed by atoms with Gasteiger partial charge in [0.25, 0.3) is 0 Å². The van der Waals surface area contributed by atoms with Gasteiger partial charge < -0.3 is 19.9 Å². The summed E-state index contributed by atoms with van der Waals surface area (Å²) in [6.45, 7) is 6.99. The van der Waals surface area contributed by atoms with E-state index in [9.17, 15) is 13.2 Å². The van der Waals surface area contributed by atoms with E-state index in [1.807, 2.05) is 6.07 Å². The number of likely N-dealkylation sites (N-methyl/N-ethyl adjacent to an activating group) is 1. The van der Waals surface area contributed by atoms with E-state index in [0.29, 0.717) is 17.8 Å². The highest BCUT2D eigenvalue weighted by Gasteiger charge is 2.35. The van der Waals surface area contributed by atoms with Crippen LogP contribution in [0.25, 0.3) is 0 Å². The van der Waals surface area contributed by atoms with E-state index in [0.717, 1.165) is 89.3 Å². The minimum absolute atomic E-state index is 0.112. The Morgan fingerprint density at radius 3 is 2.56 bits per heavy atom. The summed E-state index contributed by atoms with van der Waals surface area (Å²) >= 11 is 0. The molecule has 0 amide bonds. The largest absolute Gasteiger partial charge is 0.416 e. The Labute approximate surface area is 197 Å². The number of likely N-dealkylation sites (tertiary alicyclic amines) is 1. The Kier molecular flexibility index (Phi) is 6.59. The number of rotatable bonds is 5. The summed E-state index contributed by atoms with van der Waals surface area (Å²) in [4.78, 5) is 20.5. The molecule has 3 aliphatic heterocycles. The predicted octanol–water partition coefficient (Wildman–Crippen LogP) is 2.96. The normalized spacial score (nSPS) is 23.1. The van der Waals surface area contributed by atoms with Crippen LogP contribution in [0, 0.1) is 0 Å². The van der Waals surface area contributed by atoms with Crippen LogP contribution in [0.3, 0.4) is 0 Å². The van der Waals surface area contributed by atoms with Gasteiger partial charge in [-0.25, -0.2) is 9.97 Å². The van der Waals surface area contributed by atoms with Gasteiger partial charge in [0, 0.05) is 56.9 Å². The molecule has 2 aromatic rings. The van der Waals surface area contributed by atoms with E-state index < -0.39 is 11.7 Å². The second kappa shape index (κ2) is 9.63. The zero-order valence-corrected chi connectivity index (χ0v) is 19.3. The zero-order chi connectivity index (χ0) is 23.7. The molecule has 0 bridgehead atoms. The quantitative estimate of drug-likeness (QED) is 0.705. The van der Waals surface area contributed by atoms with E-state index in [1.165, 1.54) is 0 Å². The summed E-state index contributed by atoms with van der Waals surface area (Å²) in [6, 6.07) is 4.27. The molecule has 5 heterocycles. The van der Waals surface area contributed by atoms with E-state index in [-0.39, 0.29) is 11.7 Å². The fraction of sp³-hybridized carbons (Fsp3) is 0.609. The number of piperidine rings is 1. The van der Waals surface area contributed by atoms with Crippen LogP contribution in [0.5, 0.6) is 0 Å². The number of halogens is 3. The maximum absolute atomic E-state index is 13.2. The number of aromatic nitrogens is 3. The van der Waals surface area contributed by atoms with Gasteiger partial charge in [0.1, 0.15) is 11.6 Å². The monoisotopic (exact) mass is 477 g/mol. The Morgan fingerprint density at radius 1 is 1.03 bits per heavy atom. The van der Waals surface area contributed by atoms with Crippen molar-refractivity contribution in [1.82, 2.24) is 24.8 Å². The molecule has 1 N–H and O–H groups in total. The van der Waals surface area contributed by atoms with Gasteiger partial charge in [-0.1, -0.05) is 0 Å². The molecule has 11 heteroatoms. The first-order valence-corrected chi connectivity index (χ1v) is 11.8. The number of alkyl halides is 3. The van der Waals surface area contributed by atoms with Crippen molar-refractivity contribution in [1.29, 1.82) is 0 Å². The molecular formula is C23H30F3N7O. The third kappa shape index (κ3) is 5.26. The number of hydrogen-bond donors (Lipinski definition) is 1. The second-order valence-electron chi connectivity index (χ2n) is 9.34. The predicted molar refractivity (Wildman–Crippen MR) is 122 cm³/mol. The summed E-state index contributed by atoms with van der Waals surface area (Å²) in [7, 11) is 2.10. The van der Waals surface area contributed by atoms with Crippen molar-refractivity contribution in [2.24, 2.45) is 0 Å². The van der Waals surface area contributed by atoms with Crippen LogP contribution in [-0.2, 0) is 10.9 Å². The van der Waals surface area contributed by atoms with Crippen LogP contribution in [0.1, 0.15) is 30.0 Å². The topological polar surface area (TPSA) is 69.7 Å². The van der Waals surface area contributed by atoms with E-state index in [4.69, 9.17) is 9.72 Å². The molecule has 5 rings (SSSR count). The molecule has 0 aromatic carbocycles. The van der Waals surface area contributed by atoms with Crippen molar-refractivity contribution >= 4 is 17.6 Å². The highest BCUT2D eigenvalue weighted by Crippen LogP contribution is 2.32. The van der Waals surface area contributed by atoms with E-state index in [1.54, 1.807) is 0 Å². The lowest BCUT2D eigenvalue weighted by Gasteiger charge is -2.46. The maximum Gasteiger partial charge on any atom is 0.416 e. The van der Waals surface area contributed by atoms with Crippen molar-refractivity contribution in [3.05, 3.63) is 35.7 Å². The van der Waals surface area contributed by atoms with Crippen molar-refractivity contribution in [2.75, 3.05) is 69.7 Å². The zero-order valence-electron chi connectivity index (χ0n) is 19.3. The van der Waals surface area contributed by atoms with Crippen LogP contribution < -0.4 is 10.2 Å². The Morgan fingerprint density at radius 2 is 1.82 bits per heavy atom. The summed E-state index contributed by atoms with van der Waals surface area (Å²) < 4.78 is 44.9. The van der Waals surface area contributed by atoms with E-state index >= 15 is 0 Å². The SMILES string of the molecule is CN1CCCC(c2cc(Nc3cc(C(F)(F)F)ccn3)nc(N3CC(N4CCOCC4)C3)n2)C1. The van der Waals surface area contributed by atoms with Crippen molar-refractivity contribution in [2.45, 2.75) is 31.0 Å². The molecular weight excluding hydrogens is 447 g/mol. The number of nitrogens with zero attached hydrogens (tertiary/aromatic N) is 6. The summed E-state index contributed by atoms with van der Waals surface area (Å²) in [6.07, 6.45) is -1.16. The number of ether oxygens (including phenoxy) is 1. The molecule has 3 aliphatic rings. The number of morpholine rings is 1. The molecule has 3 fully saturated rings. The van der Waals surface area contributed by atoms with Crippen molar-refractivity contribution in [3.63, 3.8) is 0 Å². The lowest BCUT2D eigenvalue weighted by molar-refractivity contribution is -0.137. The molecule has 0 radical (unpaired) electrons. The number of anilines is 3. The molecule has 0 aliphatic carbocycles. The molecule has 0 saturated carbocycles. The van der Waals surface area contributed by atoms with Crippen molar-refractivity contribution < 1.29 is 17.9 Å². The highest BCUT2D eigenvalue weighted by atomic mass is 19.4. The lowest BCUT2D eigenvalue weighted by Crippen LogP contribution is -2.62. The minimum Gasteiger partial charge on any atom is -0.379 e. The molecule has 8 nitrogen and oxygen atoms in total. The van der Waals surface area contributed by atoms with Crippen LogP contribution in [0.4, 0.5) is 30.8 Å². The van der Waals surface area contributed by atoms with Gasteiger partial charge in [-0.3, -0.25) is 4.90 Å². The average molecular weight is 478 g/mol. The van der Waals surface area contributed by atoms with Crippen LogP contribution in [0.2, 0.25) is 0 Å². The second-order valence-corrected chi connectivity index (χ2v) is 9.34. The fourth-order valence-electron chi connectivity index (χ4n) is 4.87. The molecule has 3 saturated heterocycles. The van der Waals surface area contributed by atoms with Crippen LogP contribution >= 0.6 is 0 Å². The summed E-state index contributed by atoms with van der Waals surface area (Å²) in [5.74, 6) is 1.45. The van der Waals surface area contributed by atoms with Gasteiger partial charge in [0.05, 0.1) is 24.5 Å². The average Bonchev–Trinajstić information content (AvgIpc) is 2.78.